The molecule has 3 aliphatic rings. The highest BCUT2D eigenvalue weighted by Gasteiger charge is 2.43. The number of fused-ring (bicyclic) bond motifs is 3. The van der Waals surface area contributed by atoms with E-state index in [0.717, 1.165) is 0 Å². The molecule has 0 aromatic heterocycles. The van der Waals surface area contributed by atoms with Crippen LogP contribution in [0.2, 0.25) is 0 Å². The fraction of sp³-hybridized carbons (Fsp3) is 1.00. The number of rotatable bonds is 2. The average Bonchev–Trinajstić information content (AvgIpc) is 2.07. The van der Waals surface area contributed by atoms with E-state index in [9.17, 15) is 0 Å². The van der Waals surface area contributed by atoms with E-state index in [-0.39, 0.29) is 5.41 Å². The van der Waals surface area contributed by atoms with Crippen LogP contribution in [0.1, 0.15) is 0 Å². The first-order valence-electron chi connectivity index (χ1n) is 3.68. The second kappa shape index (κ2) is 2.71. The van der Waals surface area contributed by atoms with Crippen LogP contribution in [0, 0.1) is 5.41 Å². The SMILES string of the molecule is COCC12COC(OC1)OC2. The van der Waals surface area contributed by atoms with Crippen LogP contribution < -0.4 is 0 Å². The molecule has 0 atom stereocenters. The quantitative estimate of drug-likeness (QED) is 0.569. The van der Waals surface area contributed by atoms with Gasteiger partial charge in [0.1, 0.15) is 0 Å². The van der Waals surface area contributed by atoms with E-state index in [0.29, 0.717) is 26.4 Å². The maximum absolute atomic E-state index is 5.21. The topological polar surface area (TPSA) is 36.9 Å². The van der Waals surface area contributed by atoms with Crippen LogP contribution in [0.3, 0.4) is 0 Å². The molecule has 0 aliphatic carbocycles. The summed E-state index contributed by atoms with van der Waals surface area (Å²) in [5, 5.41) is 0. The lowest BCUT2D eigenvalue weighted by atomic mass is 9.91. The second-order valence-electron chi connectivity index (χ2n) is 3.15. The summed E-state index contributed by atoms with van der Waals surface area (Å²) in [6.45, 7) is 2.27. The van der Waals surface area contributed by atoms with Gasteiger partial charge in [-0.1, -0.05) is 0 Å². The van der Waals surface area contributed by atoms with E-state index in [1.54, 1.807) is 7.11 Å². The van der Waals surface area contributed by atoms with Gasteiger partial charge in [0.05, 0.1) is 31.8 Å². The lowest BCUT2D eigenvalue weighted by molar-refractivity contribution is -0.398. The Balaban J connectivity index is 2.00. The highest BCUT2D eigenvalue weighted by molar-refractivity contribution is 4.83. The van der Waals surface area contributed by atoms with Gasteiger partial charge in [-0.15, -0.1) is 0 Å². The van der Waals surface area contributed by atoms with Gasteiger partial charge in [-0.05, 0) is 0 Å². The van der Waals surface area contributed by atoms with E-state index in [1.165, 1.54) is 0 Å². The van der Waals surface area contributed by atoms with Crippen molar-refractivity contribution in [1.82, 2.24) is 0 Å². The minimum atomic E-state index is -0.422. The zero-order chi connectivity index (χ0) is 7.73. The third-order valence-corrected chi connectivity index (χ3v) is 2.03. The Morgan fingerprint density at radius 1 is 1.27 bits per heavy atom. The molecule has 4 nitrogen and oxygen atoms in total. The van der Waals surface area contributed by atoms with Gasteiger partial charge < -0.3 is 18.9 Å². The molecule has 0 spiro atoms. The number of ether oxygens (including phenoxy) is 4. The van der Waals surface area contributed by atoms with Crippen molar-refractivity contribution in [2.75, 3.05) is 33.5 Å². The van der Waals surface area contributed by atoms with Gasteiger partial charge in [-0.3, -0.25) is 0 Å². The third kappa shape index (κ3) is 1.27. The molecular formula is C7H12O4. The Hall–Kier alpha value is -0.160. The molecule has 0 amide bonds. The third-order valence-electron chi connectivity index (χ3n) is 2.03. The molecule has 0 unspecified atom stereocenters. The minimum absolute atomic E-state index is 0.0521. The van der Waals surface area contributed by atoms with Gasteiger partial charge in [-0.2, -0.15) is 0 Å². The summed E-state index contributed by atoms with van der Waals surface area (Å²) < 4.78 is 20.7. The van der Waals surface area contributed by atoms with Gasteiger partial charge in [-0.25, -0.2) is 0 Å². The highest BCUT2D eigenvalue weighted by Crippen LogP contribution is 2.31. The monoisotopic (exact) mass is 160 g/mol. The van der Waals surface area contributed by atoms with Crippen LogP contribution in [0.4, 0.5) is 0 Å². The molecule has 3 saturated heterocycles. The lowest BCUT2D eigenvalue weighted by Crippen LogP contribution is -2.54. The molecule has 3 aliphatic heterocycles. The van der Waals surface area contributed by atoms with Crippen LogP contribution in [-0.2, 0) is 18.9 Å². The summed E-state index contributed by atoms with van der Waals surface area (Å²) in [7, 11) is 1.68. The van der Waals surface area contributed by atoms with Crippen molar-refractivity contribution in [3.05, 3.63) is 0 Å². The smallest absolute Gasteiger partial charge is 0.271 e. The summed E-state index contributed by atoms with van der Waals surface area (Å²) >= 11 is 0. The minimum Gasteiger partial charge on any atom is -0.384 e. The van der Waals surface area contributed by atoms with Crippen LogP contribution in [0.5, 0.6) is 0 Å². The predicted molar refractivity (Wildman–Crippen MR) is 36.0 cm³/mol. The molecule has 0 aromatic rings. The van der Waals surface area contributed by atoms with Gasteiger partial charge in [0.15, 0.2) is 0 Å². The van der Waals surface area contributed by atoms with Crippen molar-refractivity contribution >= 4 is 0 Å². The molecule has 3 fully saturated rings. The first kappa shape index (κ1) is 7.49. The lowest BCUT2D eigenvalue weighted by Gasteiger charge is -2.44. The Bertz CT molecular complexity index is 120. The average molecular weight is 160 g/mol. The van der Waals surface area contributed by atoms with E-state index >= 15 is 0 Å². The summed E-state index contributed by atoms with van der Waals surface area (Å²) in [4.78, 5) is 0. The zero-order valence-electron chi connectivity index (χ0n) is 6.54. The second-order valence-corrected chi connectivity index (χ2v) is 3.15. The number of hydrogen-bond acceptors (Lipinski definition) is 4. The Kier molecular flexibility index (Phi) is 1.85. The molecule has 2 bridgehead atoms. The molecule has 3 rings (SSSR count). The van der Waals surface area contributed by atoms with Crippen LogP contribution >= 0.6 is 0 Å². The molecule has 0 aromatic carbocycles. The van der Waals surface area contributed by atoms with Crippen LogP contribution in [0.15, 0.2) is 0 Å². The first-order chi connectivity index (χ1) is 5.35. The van der Waals surface area contributed by atoms with Gasteiger partial charge >= 0.3 is 0 Å². The first-order valence-corrected chi connectivity index (χ1v) is 3.68. The summed E-state index contributed by atoms with van der Waals surface area (Å²) in [6.07, 6.45) is 0. The van der Waals surface area contributed by atoms with Crippen LogP contribution in [-0.4, -0.2) is 40.0 Å². The molecule has 11 heavy (non-hydrogen) atoms. The normalized spacial score (nSPS) is 42.8. The van der Waals surface area contributed by atoms with E-state index in [4.69, 9.17) is 18.9 Å². The maximum atomic E-state index is 5.21. The van der Waals surface area contributed by atoms with Crippen molar-refractivity contribution in [2.24, 2.45) is 5.41 Å². The molecular weight excluding hydrogens is 148 g/mol. The van der Waals surface area contributed by atoms with Crippen molar-refractivity contribution in [2.45, 2.75) is 6.48 Å². The predicted octanol–water partition coefficient (Wildman–Crippen LogP) is -0.0202. The Morgan fingerprint density at radius 2 is 1.82 bits per heavy atom. The van der Waals surface area contributed by atoms with Gasteiger partial charge in [0.2, 0.25) is 0 Å². The fourth-order valence-corrected chi connectivity index (χ4v) is 1.43. The zero-order valence-corrected chi connectivity index (χ0v) is 6.54. The van der Waals surface area contributed by atoms with Gasteiger partial charge in [0.25, 0.3) is 6.48 Å². The number of hydrogen-bond donors (Lipinski definition) is 0. The summed E-state index contributed by atoms with van der Waals surface area (Å²) in [5.41, 5.74) is -0.0521. The molecule has 3 heterocycles. The summed E-state index contributed by atoms with van der Waals surface area (Å²) in [6, 6.07) is 0. The van der Waals surface area contributed by atoms with Crippen molar-refractivity contribution in [1.29, 1.82) is 0 Å². The Labute approximate surface area is 65.4 Å². The van der Waals surface area contributed by atoms with Crippen molar-refractivity contribution in [3.8, 4) is 0 Å². The van der Waals surface area contributed by atoms with E-state index in [1.807, 2.05) is 0 Å². The largest absolute Gasteiger partial charge is 0.384 e. The highest BCUT2D eigenvalue weighted by atomic mass is 16.9. The van der Waals surface area contributed by atoms with Crippen molar-refractivity contribution in [3.63, 3.8) is 0 Å². The molecule has 0 saturated carbocycles. The van der Waals surface area contributed by atoms with Crippen LogP contribution in [0.25, 0.3) is 0 Å². The molecule has 0 radical (unpaired) electrons. The molecule has 4 heteroatoms. The van der Waals surface area contributed by atoms with Gasteiger partial charge in [0, 0.05) is 7.11 Å². The Morgan fingerprint density at radius 3 is 2.27 bits per heavy atom. The van der Waals surface area contributed by atoms with E-state index in [2.05, 4.69) is 0 Å². The maximum Gasteiger partial charge on any atom is 0.271 e. The van der Waals surface area contributed by atoms with Crippen molar-refractivity contribution < 1.29 is 18.9 Å². The van der Waals surface area contributed by atoms with E-state index < -0.39 is 6.48 Å². The molecule has 64 valence electrons. The fourth-order valence-electron chi connectivity index (χ4n) is 1.43. The number of methoxy groups -OCH3 is 1. The summed E-state index contributed by atoms with van der Waals surface area (Å²) in [5.74, 6) is 0. The standard InChI is InChI=1S/C7H12O4/c1-8-2-7-3-9-6(10-4-7)11-5-7/h6H,2-5H2,1H3. The molecule has 0 N–H and O–H groups in total.